The van der Waals surface area contributed by atoms with Crippen LogP contribution < -0.4 is 5.32 Å². The summed E-state index contributed by atoms with van der Waals surface area (Å²) in [6.45, 7) is 7.86. The zero-order valence-corrected chi connectivity index (χ0v) is 13.3. The monoisotopic (exact) mass is 337 g/mol. The van der Waals surface area contributed by atoms with Gasteiger partial charge in [0.1, 0.15) is 0 Å². The summed E-state index contributed by atoms with van der Waals surface area (Å²) in [5.74, 6) is 0.154. The van der Waals surface area contributed by atoms with Crippen LogP contribution >= 0.6 is 15.9 Å². The lowest BCUT2D eigenvalue weighted by atomic mass is 10.1. The molecule has 0 spiro atoms. The van der Waals surface area contributed by atoms with Crippen molar-refractivity contribution in [2.45, 2.75) is 13.0 Å². The fourth-order valence-electron chi connectivity index (χ4n) is 2.86. The molecule has 0 unspecified atom stereocenters. The third kappa shape index (κ3) is 2.90. The Kier molecular flexibility index (Phi) is 4.10. The van der Waals surface area contributed by atoms with Gasteiger partial charge in [-0.3, -0.25) is 9.69 Å². The van der Waals surface area contributed by atoms with E-state index in [0.717, 1.165) is 54.9 Å². The van der Waals surface area contributed by atoms with Crippen molar-refractivity contribution in [3.8, 4) is 0 Å². The van der Waals surface area contributed by atoms with Crippen molar-refractivity contribution in [1.82, 2.24) is 15.1 Å². The van der Waals surface area contributed by atoms with Gasteiger partial charge in [-0.25, -0.2) is 0 Å². The number of hydrogen-bond donors (Lipinski definition) is 1. The highest BCUT2D eigenvalue weighted by atomic mass is 79.9. The lowest BCUT2D eigenvalue weighted by molar-refractivity contribution is 0.0502. The molecular weight excluding hydrogens is 318 g/mol. The molecule has 0 aromatic heterocycles. The molecule has 2 aliphatic heterocycles. The van der Waals surface area contributed by atoms with Gasteiger partial charge in [-0.15, -0.1) is 0 Å². The van der Waals surface area contributed by atoms with Crippen molar-refractivity contribution in [3.05, 3.63) is 33.8 Å². The molecule has 20 heavy (non-hydrogen) atoms. The average molecular weight is 338 g/mol. The third-order valence-electron chi connectivity index (χ3n) is 4.17. The van der Waals surface area contributed by atoms with E-state index < -0.39 is 0 Å². The summed E-state index contributed by atoms with van der Waals surface area (Å²) in [6, 6.07) is 6.59. The second kappa shape index (κ2) is 5.84. The van der Waals surface area contributed by atoms with Gasteiger partial charge in [0, 0.05) is 55.3 Å². The van der Waals surface area contributed by atoms with E-state index in [-0.39, 0.29) is 5.91 Å². The van der Waals surface area contributed by atoms with Crippen molar-refractivity contribution in [3.63, 3.8) is 0 Å². The summed E-state index contributed by atoms with van der Waals surface area (Å²) in [7, 11) is 0. The van der Waals surface area contributed by atoms with Crippen LogP contribution in [-0.4, -0.2) is 61.0 Å². The van der Waals surface area contributed by atoms with Crippen LogP contribution in [0.4, 0.5) is 0 Å². The van der Waals surface area contributed by atoms with Crippen molar-refractivity contribution >= 4 is 21.8 Å². The summed E-state index contributed by atoms with van der Waals surface area (Å²) in [5.41, 5.74) is 1.90. The van der Waals surface area contributed by atoms with Crippen molar-refractivity contribution < 1.29 is 4.79 Å². The predicted octanol–water partition coefficient (Wildman–Crippen LogP) is 1.49. The molecule has 0 atom stereocenters. The van der Waals surface area contributed by atoms with E-state index >= 15 is 0 Å². The molecule has 2 saturated heterocycles. The molecule has 0 radical (unpaired) electrons. The lowest BCUT2D eigenvalue weighted by Gasteiger charge is -2.43. The van der Waals surface area contributed by atoms with Crippen LogP contribution in [0.5, 0.6) is 0 Å². The van der Waals surface area contributed by atoms with Crippen LogP contribution in [0.3, 0.4) is 0 Å². The highest BCUT2D eigenvalue weighted by molar-refractivity contribution is 9.10. The van der Waals surface area contributed by atoms with Gasteiger partial charge in [0.2, 0.25) is 0 Å². The van der Waals surface area contributed by atoms with Gasteiger partial charge in [-0.2, -0.15) is 0 Å². The maximum Gasteiger partial charge on any atom is 0.253 e. The van der Waals surface area contributed by atoms with Gasteiger partial charge in [0.15, 0.2) is 0 Å². The second-order valence-corrected chi connectivity index (χ2v) is 6.57. The number of nitrogens with one attached hydrogen (secondary N) is 1. The van der Waals surface area contributed by atoms with Crippen molar-refractivity contribution in [2.75, 3.05) is 39.3 Å². The Morgan fingerprint density at radius 1 is 1.20 bits per heavy atom. The molecule has 2 fully saturated rings. The number of carbonyl (C=O) groups excluding carboxylic acids is 1. The first-order valence-electron chi connectivity index (χ1n) is 7.15. The SMILES string of the molecule is Cc1cc(Br)cc(C(=O)N2CCN(C3CNC3)CC2)c1. The smallest absolute Gasteiger partial charge is 0.253 e. The Bertz CT molecular complexity index is 488. The number of rotatable bonds is 2. The van der Waals surface area contributed by atoms with Crippen LogP contribution in [0.1, 0.15) is 15.9 Å². The molecule has 1 aromatic carbocycles. The van der Waals surface area contributed by atoms with Crippen molar-refractivity contribution in [2.24, 2.45) is 0 Å². The van der Waals surface area contributed by atoms with Gasteiger partial charge in [0.25, 0.3) is 5.91 Å². The quantitative estimate of drug-likeness (QED) is 0.888. The molecule has 2 aliphatic rings. The summed E-state index contributed by atoms with van der Waals surface area (Å²) in [6.07, 6.45) is 0. The Balaban J connectivity index is 1.63. The van der Waals surface area contributed by atoms with Crippen LogP contribution in [0.25, 0.3) is 0 Å². The Morgan fingerprint density at radius 3 is 2.45 bits per heavy atom. The standard InChI is InChI=1S/C15H20BrN3O/c1-11-6-12(8-13(16)7-11)15(20)19-4-2-18(3-5-19)14-9-17-10-14/h6-8,14,17H,2-5,9-10H2,1H3. The summed E-state index contributed by atoms with van der Waals surface area (Å²) < 4.78 is 0.972. The van der Waals surface area contributed by atoms with Gasteiger partial charge >= 0.3 is 0 Å². The Hall–Kier alpha value is -0.910. The first kappa shape index (κ1) is 14.0. The largest absolute Gasteiger partial charge is 0.336 e. The highest BCUT2D eigenvalue weighted by Gasteiger charge is 2.29. The molecule has 5 heteroatoms. The zero-order chi connectivity index (χ0) is 14.1. The van der Waals surface area contributed by atoms with Gasteiger partial charge in [-0.05, 0) is 30.7 Å². The molecule has 0 aliphatic carbocycles. The van der Waals surface area contributed by atoms with E-state index in [1.807, 2.05) is 30.0 Å². The van der Waals surface area contributed by atoms with Gasteiger partial charge < -0.3 is 10.2 Å². The van der Waals surface area contributed by atoms with E-state index in [4.69, 9.17) is 0 Å². The summed E-state index contributed by atoms with van der Waals surface area (Å²) in [5, 5.41) is 3.30. The molecule has 2 heterocycles. The molecular formula is C15H20BrN3O. The first-order chi connectivity index (χ1) is 9.63. The maximum absolute atomic E-state index is 12.5. The number of amides is 1. The Morgan fingerprint density at radius 2 is 1.90 bits per heavy atom. The van der Waals surface area contributed by atoms with Gasteiger partial charge in [-0.1, -0.05) is 15.9 Å². The average Bonchev–Trinajstić information content (AvgIpc) is 2.35. The van der Waals surface area contributed by atoms with E-state index in [1.54, 1.807) is 0 Å². The maximum atomic E-state index is 12.5. The number of hydrogen-bond acceptors (Lipinski definition) is 3. The number of nitrogens with zero attached hydrogens (tertiary/aromatic N) is 2. The minimum atomic E-state index is 0.154. The number of halogens is 1. The number of aryl methyl sites for hydroxylation is 1. The first-order valence-corrected chi connectivity index (χ1v) is 7.94. The Labute approximate surface area is 128 Å². The molecule has 0 bridgehead atoms. The summed E-state index contributed by atoms with van der Waals surface area (Å²) in [4.78, 5) is 17.0. The van der Waals surface area contributed by atoms with Crippen LogP contribution in [0, 0.1) is 6.92 Å². The molecule has 1 N–H and O–H groups in total. The molecule has 108 valence electrons. The molecule has 0 saturated carbocycles. The highest BCUT2D eigenvalue weighted by Crippen LogP contribution is 2.18. The number of carbonyl (C=O) groups is 1. The minimum Gasteiger partial charge on any atom is -0.336 e. The number of benzene rings is 1. The fourth-order valence-corrected chi connectivity index (χ4v) is 3.47. The van der Waals surface area contributed by atoms with Crippen LogP contribution in [-0.2, 0) is 0 Å². The predicted molar refractivity (Wildman–Crippen MR) is 83.0 cm³/mol. The van der Waals surface area contributed by atoms with Gasteiger partial charge in [0.05, 0.1) is 0 Å². The van der Waals surface area contributed by atoms with Crippen molar-refractivity contribution in [1.29, 1.82) is 0 Å². The number of piperazine rings is 1. The second-order valence-electron chi connectivity index (χ2n) is 5.66. The normalized spacial score (nSPS) is 20.8. The topological polar surface area (TPSA) is 35.6 Å². The fraction of sp³-hybridized carbons (Fsp3) is 0.533. The van der Waals surface area contributed by atoms with E-state index in [1.165, 1.54) is 0 Å². The lowest BCUT2D eigenvalue weighted by Crippen LogP contribution is -2.62. The third-order valence-corrected chi connectivity index (χ3v) is 4.62. The van der Waals surface area contributed by atoms with E-state index in [2.05, 4.69) is 26.1 Å². The molecule has 3 rings (SSSR count). The molecule has 1 amide bonds. The molecule has 1 aromatic rings. The van der Waals surface area contributed by atoms with Crippen LogP contribution in [0.2, 0.25) is 0 Å². The minimum absolute atomic E-state index is 0.154. The van der Waals surface area contributed by atoms with E-state index in [0.29, 0.717) is 6.04 Å². The zero-order valence-electron chi connectivity index (χ0n) is 11.7. The van der Waals surface area contributed by atoms with E-state index in [9.17, 15) is 4.79 Å². The van der Waals surface area contributed by atoms with Crippen LogP contribution in [0.15, 0.2) is 22.7 Å². The summed E-state index contributed by atoms with van der Waals surface area (Å²) >= 11 is 3.46. The molecule has 4 nitrogen and oxygen atoms in total.